The van der Waals surface area contributed by atoms with Crippen LogP contribution in [-0.4, -0.2) is 29.6 Å². The van der Waals surface area contributed by atoms with Gasteiger partial charge in [0.1, 0.15) is 18.0 Å². The third-order valence-electron chi connectivity index (χ3n) is 12.6. The van der Waals surface area contributed by atoms with Crippen LogP contribution >= 0.6 is 0 Å². The summed E-state index contributed by atoms with van der Waals surface area (Å²) in [5.74, 6) is 2.40. The van der Waals surface area contributed by atoms with Crippen LogP contribution in [0, 0.1) is 45.3 Å². The second-order valence-corrected chi connectivity index (χ2v) is 15.1. The van der Waals surface area contributed by atoms with E-state index in [2.05, 4.69) is 61.5 Å². The van der Waals surface area contributed by atoms with Gasteiger partial charge in [-0.3, -0.25) is 9.59 Å². The van der Waals surface area contributed by atoms with Gasteiger partial charge in [0.05, 0.1) is 5.60 Å². The topological polar surface area (TPSA) is 55.9 Å². The summed E-state index contributed by atoms with van der Waals surface area (Å²) in [6.07, 6.45) is 11.2. The average molecular weight is 499 g/mol. The van der Waals surface area contributed by atoms with Crippen LogP contribution in [0.25, 0.3) is 0 Å². The molecule has 5 aliphatic rings. The minimum atomic E-state index is -0.214. The first kappa shape index (κ1) is 26.4. The number of rotatable bonds is 5. The molecule has 202 valence electrons. The Morgan fingerprint density at radius 2 is 1.75 bits per heavy atom. The number of ether oxygens (including phenoxy) is 2. The third-order valence-corrected chi connectivity index (χ3v) is 12.6. The monoisotopic (exact) mass is 498 g/mol. The van der Waals surface area contributed by atoms with Crippen molar-refractivity contribution >= 4 is 11.8 Å². The van der Waals surface area contributed by atoms with Crippen molar-refractivity contribution in [2.24, 2.45) is 45.3 Å². The summed E-state index contributed by atoms with van der Waals surface area (Å²) in [6, 6.07) is 0. The van der Waals surface area contributed by atoms with E-state index < -0.39 is 0 Å². The van der Waals surface area contributed by atoms with E-state index in [0.29, 0.717) is 29.5 Å². The molecule has 4 nitrogen and oxygen atoms in total. The lowest BCUT2D eigenvalue weighted by atomic mass is 9.41. The van der Waals surface area contributed by atoms with E-state index in [1.165, 1.54) is 32.6 Å². The molecule has 3 saturated carbocycles. The number of allylic oxidation sites excluding steroid dienone is 2. The molecule has 0 aromatic carbocycles. The van der Waals surface area contributed by atoms with Crippen LogP contribution in [0.4, 0.5) is 0 Å². The number of carbonyl (C=O) groups excluding carboxylic acids is 2. The first-order valence-electron chi connectivity index (χ1n) is 14.7. The summed E-state index contributed by atoms with van der Waals surface area (Å²) in [6.45, 7) is 20.2. The third kappa shape index (κ3) is 3.62. The van der Waals surface area contributed by atoms with Crippen molar-refractivity contribution in [1.29, 1.82) is 0 Å². The lowest BCUT2D eigenvalue weighted by molar-refractivity contribution is -0.149. The first-order chi connectivity index (χ1) is 16.6. The van der Waals surface area contributed by atoms with Gasteiger partial charge in [0.15, 0.2) is 0 Å². The maximum absolute atomic E-state index is 12.9. The van der Waals surface area contributed by atoms with Crippen LogP contribution in [0.3, 0.4) is 0 Å². The van der Waals surface area contributed by atoms with Crippen LogP contribution in [0.5, 0.6) is 0 Å². The lowest BCUT2D eigenvalue weighted by Gasteiger charge is -2.63. The standard InChI is InChI=1S/C32H50O4/c1-19(18-24(35-20(2)33)27-29(5,6)36-27)21-12-16-32(9)23-10-11-25-28(3,4)26(34)14-15-30(25,7)22(23)13-17-31(21,32)8/h10,19,21-22,24-25,27H,11-18H2,1-9H3/t19-,21-,22?,24?,25?,27?,30+,31?,32+/m0/s1. The van der Waals surface area contributed by atoms with Gasteiger partial charge in [-0.1, -0.05) is 53.2 Å². The Morgan fingerprint density at radius 1 is 1.08 bits per heavy atom. The van der Waals surface area contributed by atoms with Crippen LogP contribution in [0.1, 0.15) is 114 Å². The maximum atomic E-state index is 12.9. The molecule has 0 radical (unpaired) electrons. The Hall–Kier alpha value is -1.16. The number of carbonyl (C=O) groups is 2. The molecule has 4 heteroatoms. The van der Waals surface area contributed by atoms with E-state index in [1.54, 1.807) is 5.57 Å². The van der Waals surface area contributed by atoms with Crippen LogP contribution < -0.4 is 0 Å². The largest absolute Gasteiger partial charge is 0.460 e. The van der Waals surface area contributed by atoms with Gasteiger partial charge >= 0.3 is 5.97 Å². The number of Topliss-reactive ketones (excluding diaryl/α,β-unsaturated/α-hetero) is 1. The molecule has 0 spiro atoms. The molecule has 0 N–H and O–H groups in total. The maximum Gasteiger partial charge on any atom is 0.302 e. The molecule has 5 unspecified atom stereocenters. The van der Waals surface area contributed by atoms with Crippen molar-refractivity contribution in [2.45, 2.75) is 131 Å². The Bertz CT molecular complexity index is 977. The number of fused-ring (bicyclic) bond motifs is 5. The fourth-order valence-corrected chi connectivity index (χ4v) is 10.3. The molecule has 4 fully saturated rings. The molecule has 5 rings (SSSR count). The molecule has 1 aliphatic heterocycles. The van der Waals surface area contributed by atoms with Crippen molar-refractivity contribution in [2.75, 3.05) is 0 Å². The second kappa shape index (κ2) is 8.17. The minimum Gasteiger partial charge on any atom is -0.460 e. The number of ketones is 1. The van der Waals surface area contributed by atoms with Gasteiger partial charge in [-0.25, -0.2) is 0 Å². The first-order valence-corrected chi connectivity index (χ1v) is 14.7. The lowest BCUT2D eigenvalue weighted by Crippen LogP contribution is -2.57. The Morgan fingerprint density at radius 3 is 2.36 bits per heavy atom. The Kier molecular flexibility index (Phi) is 6.00. The molecular weight excluding hydrogens is 448 g/mol. The van der Waals surface area contributed by atoms with E-state index in [9.17, 15) is 9.59 Å². The SMILES string of the molecule is CC(=O)OC(C[C@H](C)[C@@H]1CC[C@]2(C)C3=CCC4C(C)(C)C(=O)CC[C@]4(C)C3CCC12C)C1OC1(C)C. The molecule has 0 bridgehead atoms. The van der Waals surface area contributed by atoms with Gasteiger partial charge in [-0.15, -0.1) is 0 Å². The van der Waals surface area contributed by atoms with Crippen molar-refractivity contribution in [3.8, 4) is 0 Å². The highest BCUT2D eigenvalue weighted by Gasteiger charge is 2.65. The Labute approximate surface area is 219 Å². The molecule has 1 heterocycles. The van der Waals surface area contributed by atoms with Crippen molar-refractivity contribution in [3.63, 3.8) is 0 Å². The summed E-state index contributed by atoms with van der Waals surface area (Å²) in [4.78, 5) is 24.8. The Balaban J connectivity index is 1.40. The highest BCUT2D eigenvalue weighted by Crippen LogP contribution is 2.73. The van der Waals surface area contributed by atoms with Crippen molar-refractivity contribution in [3.05, 3.63) is 11.6 Å². The summed E-state index contributed by atoms with van der Waals surface area (Å²) in [5.41, 5.74) is 2.00. The molecule has 0 amide bonds. The number of esters is 1. The number of epoxide rings is 1. The van der Waals surface area contributed by atoms with Crippen LogP contribution in [-0.2, 0) is 19.1 Å². The van der Waals surface area contributed by atoms with Crippen molar-refractivity contribution in [1.82, 2.24) is 0 Å². The smallest absolute Gasteiger partial charge is 0.302 e. The van der Waals surface area contributed by atoms with E-state index in [-0.39, 0.29) is 45.4 Å². The van der Waals surface area contributed by atoms with Gasteiger partial charge in [0, 0.05) is 18.8 Å². The fourth-order valence-electron chi connectivity index (χ4n) is 10.3. The predicted octanol–water partition coefficient (Wildman–Crippen LogP) is 7.30. The zero-order chi connectivity index (χ0) is 26.5. The zero-order valence-electron chi connectivity index (χ0n) is 24.3. The molecular formula is C32H50O4. The minimum absolute atomic E-state index is 0.00970. The van der Waals surface area contributed by atoms with Crippen LogP contribution in [0.2, 0.25) is 0 Å². The summed E-state index contributed by atoms with van der Waals surface area (Å²) in [5, 5.41) is 0. The van der Waals surface area contributed by atoms with E-state index in [0.717, 1.165) is 25.7 Å². The number of hydrogen-bond acceptors (Lipinski definition) is 4. The van der Waals surface area contributed by atoms with Gasteiger partial charge < -0.3 is 9.47 Å². The van der Waals surface area contributed by atoms with Gasteiger partial charge in [-0.05, 0) is 98.7 Å². The second-order valence-electron chi connectivity index (χ2n) is 15.1. The zero-order valence-corrected chi connectivity index (χ0v) is 24.3. The normalized spacial score (nSPS) is 46.0. The molecule has 9 atom stereocenters. The predicted molar refractivity (Wildman–Crippen MR) is 142 cm³/mol. The van der Waals surface area contributed by atoms with E-state index in [4.69, 9.17) is 9.47 Å². The van der Waals surface area contributed by atoms with Gasteiger partial charge in [0.25, 0.3) is 0 Å². The fraction of sp³-hybridized carbons (Fsp3) is 0.875. The molecule has 0 aromatic heterocycles. The highest BCUT2D eigenvalue weighted by molar-refractivity contribution is 5.85. The summed E-state index contributed by atoms with van der Waals surface area (Å²) < 4.78 is 11.7. The average Bonchev–Trinajstić information content (AvgIpc) is 3.31. The molecule has 4 aliphatic carbocycles. The number of hydrogen-bond donors (Lipinski definition) is 0. The van der Waals surface area contributed by atoms with Crippen LogP contribution in [0.15, 0.2) is 11.6 Å². The van der Waals surface area contributed by atoms with E-state index in [1.807, 2.05) is 0 Å². The summed E-state index contributed by atoms with van der Waals surface area (Å²) >= 11 is 0. The molecule has 0 aromatic rings. The molecule has 1 saturated heterocycles. The highest BCUT2D eigenvalue weighted by atomic mass is 16.6. The quantitative estimate of drug-likeness (QED) is 0.227. The summed E-state index contributed by atoms with van der Waals surface area (Å²) in [7, 11) is 0. The van der Waals surface area contributed by atoms with E-state index >= 15 is 0 Å². The van der Waals surface area contributed by atoms with Crippen molar-refractivity contribution < 1.29 is 19.1 Å². The van der Waals surface area contributed by atoms with Gasteiger partial charge in [0.2, 0.25) is 0 Å². The van der Waals surface area contributed by atoms with Gasteiger partial charge in [-0.2, -0.15) is 0 Å². The molecule has 36 heavy (non-hydrogen) atoms.